The lowest BCUT2D eigenvalue weighted by Gasteiger charge is -2.15. The van der Waals surface area contributed by atoms with Crippen LogP contribution in [0.15, 0.2) is 24.3 Å². The summed E-state index contributed by atoms with van der Waals surface area (Å²) in [6.45, 7) is 8.91. The van der Waals surface area contributed by atoms with E-state index in [4.69, 9.17) is 9.47 Å². The summed E-state index contributed by atoms with van der Waals surface area (Å²) in [5.41, 5.74) is 0.543. The number of rotatable bonds is 10. The Hall–Kier alpha value is -1.84. The Balaban J connectivity index is 2.71. The average molecular weight is 334 g/mol. The SMILES string of the molecule is CCCC[C@@H](CC)COC(=O)c1ccccc1C(=O)OCC(C)C. The van der Waals surface area contributed by atoms with Crippen molar-refractivity contribution in [2.45, 2.75) is 53.4 Å². The van der Waals surface area contributed by atoms with Gasteiger partial charge in [0.1, 0.15) is 0 Å². The standard InChI is InChI=1S/C20H30O4/c1-5-7-10-16(6-2)14-24-20(22)18-12-9-8-11-17(18)19(21)23-13-15(3)4/h8-9,11-12,15-16H,5-7,10,13-14H2,1-4H3/t16-/m1/s1. The highest BCUT2D eigenvalue weighted by Crippen LogP contribution is 2.16. The van der Waals surface area contributed by atoms with Gasteiger partial charge in [0.15, 0.2) is 0 Å². The molecule has 24 heavy (non-hydrogen) atoms. The van der Waals surface area contributed by atoms with E-state index in [2.05, 4.69) is 13.8 Å². The third kappa shape index (κ3) is 6.73. The molecule has 0 aliphatic carbocycles. The van der Waals surface area contributed by atoms with Crippen molar-refractivity contribution in [1.82, 2.24) is 0 Å². The zero-order valence-corrected chi connectivity index (χ0v) is 15.3. The normalized spacial score (nSPS) is 12.0. The number of hydrogen-bond donors (Lipinski definition) is 0. The molecule has 0 amide bonds. The lowest BCUT2D eigenvalue weighted by atomic mass is 10.0. The van der Waals surface area contributed by atoms with Crippen molar-refractivity contribution in [3.05, 3.63) is 35.4 Å². The molecule has 0 saturated heterocycles. The van der Waals surface area contributed by atoms with Crippen LogP contribution in [-0.4, -0.2) is 25.2 Å². The molecule has 134 valence electrons. The largest absolute Gasteiger partial charge is 0.462 e. The van der Waals surface area contributed by atoms with E-state index in [-0.39, 0.29) is 17.0 Å². The average Bonchev–Trinajstić information content (AvgIpc) is 2.59. The molecule has 1 atom stereocenters. The molecular formula is C20H30O4. The van der Waals surface area contributed by atoms with Crippen LogP contribution in [0.2, 0.25) is 0 Å². The molecule has 0 N–H and O–H groups in total. The minimum absolute atomic E-state index is 0.247. The van der Waals surface area contributed by atoms with Gasteiger partial charge in [-0.05, 0) is 30.4 Å². The Morgan fingerprint density at radius 3 is 1.96 bits per heavy atom. The molecule has 0 bridgehead atoms. The molecular weight excluding hydrogens is 304 g/mol. The summed E-state index contributed by atoms with van der Waals surface area (Å²) in [7, 11) is 0. The van der Waals surface area contributed by atoms with Crippen molar-refractivity contribution in [3.63, 3.8) is 0 Å². The third-order valence-electron chi connectivity index (χ3n) is 3.91. The first-order valence-corrected chi connectivity index (χ1v) is 8.92. The lowest BCUT2D eigenvalue weighted by Crippen LogP contribution is -2.18. The highest BCUT2D eigenvalue weighted by Gasteiger charge is 2.20. The fourth-order valence-corrected chi connectivity index (χ4v) is 2.33. The van der Waals surface area contributed by atoms with Crippen molar-refractivity contribution in [1.29, 1.82) is 0 Å². The summed E-state index contributed by atoms with van der Waals surface area (Å²) in [6, 6.07) is 6.66. The maximum Gasteiger partial charge on any atom is 0.339 e. The van der Waals surface area contributed by atoms with Crippen molar-refractivity contribution in [2.75, 3.05) is 13.2 Å². The summed E-state index contributed by atoms with van der Waals surface area (Å²) in [5, 5.41) is 0. The van der Waals surface area contributed by atoms with Gasteiger partial charge in [-0.15, -0.1) is 0 Å². The predicted molar refractivity (Wildman–Crippen MR) is 95.2 cm³/mol. The monoisotopic (exact) mass is 334 g/mol. The number of unbranched alkanes of at least 4 members (excludes halogenated alkanes) is 1. The second kappa shape index (κ2) is 10.8. The van der Waals surface area contributed by atoms with Crippen LogP contribution < -0.4 is 0 Å². The van der Waals surface area contributed by atoms with E-state index in [1.807, 2.05) is 13.8 Å². The Labute approximate surface area is 145 Å². The van der Waals surface area contributed by atoms with Crippen LogP contribution in [0.1, 0.15) is 74.1 Å². The summed E-state index contributed by atoms with van der Waals surface area (Å²) in [5.74, 6) is -0.317. The zero-order valence-electron chi connectivity index (χ0n) is 15.3. The highest BCUT2D eigenvalue weighted by molar-refractivity contribution is 6.03. The number of carbonyl (C=O) groups excluding carboxylic acids is 2. The number of benzene rings is 1. The molecule has 0 spiro atoms. The number of ether oxygens (including phenoxy) is 2. The molecule has 0 fully saturated rings. The smallest absolute Gasteiger partial charge is 0.339 e. The Bertz CT molecular complexity index is 522. The van der Waals surface area contributed by atoms with Crippen LogP contribution >= 0.6 is 0 Å². The molecule has 0 aliphatic heterocycles. The molecule has 1 rings (SSSR count). The fraction of sp³-hybridized carbons (Fsp3) is 0.600. The first kappa shape index (κ1) is 20.2. The quantitative estimate of drug-likeness (QED) is 0.573. The van der Waals surface area contributed by atoms with Gasteiger partial charge >= 0.3 is 11.9 Å². The van der Waals surface area contributed by atoms with E-state index in [0.717, 1.165) is 25.7 Å². The molecule has 0 aromatic heterocycles. The van der Waals surface area contributed by atoms with Crippen LogP contribution in [0.4, 0.5) is 0 Å². The number of hydrogen-bond acceptors (Lipinski definition) is 4. The van der Waals surface area contributed by atoms with E-state index < -0.39 is 11.9 Å². The molecule has 0 radical (unpaired) electrons. The van der Waals surface area contributed by atoms with Crippen LogP contribution in [-0.2, 0) is 9.47 Å². The highest BCUT2D eigenvalue weighted by atomic mass is 16.5. The van der Waals surface area contributed by atoms with Crippen molar-refractivity contribution in [2.24, 2.45) is 11.8 Å². The van der Waals surface area contributed by atoms with Crippen LogP contribution in [0.25, 0.3) is 0 Å². The number of esters is 2. The lowest BCUT2D eigenvalue weighted by molar-refractivity contribution is 0.0394. The van der Waals surface area contributed by atoms with Crippen molar-refractivity contribution in [3.8, 4) is 0 Å². The van der Waals surface area contributed by atoms with Crippen LogP contribution in [0.5, 0.6) is 0 Å². The van der Waals surface area contributed by atoms with Gasteiger partial charge in [-0.3, -0.25) is 0 Å². The Kier molecular flexibility index (Phi) is 9.13. The van der Waals surface area contributed by atoms with E-state index in [1.165, 1.54) is 0 Å². The summed E-state index contributed by atoms with van der Waals surface area (Å²) in [4.78, 5) is 24.6. The Morgan fingerprint density at radius 1 is 0.958 bits per heavy atom. The summed E-state index contributed by atoms with van der Waals surface area (Å²) >= 11 is 0. The van der Waals surface area contributed by atoms with Gasteiger partial charge in [-0.25, -0.2) is 9.59 Å². The maximum atomic E-state index is 12.4. The minimum atomic E-state index is -0.478. The molecule has 4 nitrogen and oxygen atoms in total. The van der Waals surface area contributed by atoms with Crippen molar-refractivity contribution >= 4 is 11.9 Å². The van der Waals surface area contributed by atoms with Crippen LogP contribution in [0.3, 0.4) is 0 Å². The number of carbonyl (C=O) groups is 2. The fourth-order valence-electron chi connectivity index (χ4n) is 2.33. The molecule has 0 unspecified atom stereocenters. The van der Waals surface area contributed by atoms with E-state index >= 15 is 0 Å². The summed E-state index contributed by atoms with van der Waals surface area (Å²) < 4.78 is 10.7. The molecule has 1 aromatic carbocycles. The molecule has 0 heterocycles. The van der Waals surface area contributed by atoms with E-state index in [9.17, 15) is 9.59 Å². The molecule has 0 saturated carbocycles. The van der Waals surface area contributed by atoms with E-state index in [0.29, 0.717) is 19.1 Å². The third-order valence-corrected chi connectivity index (χ3v) is 3.91. The molecule has 1 aromatic rings. The van der Waals surface area contributed by atoms with Gasteiger partial charge in [0.2, 0.25) is 0 Å². The van der Waals surface area contributed by atoms with Gasteiger partial charge < -0.3 is 9.47 Å². The second-order valence-electron chi connectivity index (χ2n) is 6.55. The predicted octanol–water partition coefficient (Wildman–Crippen LogP) is 4.87. The van der Waals surface area contributed by atoms with Gasteiger partial charge in [0.25, 0.3) is 0 Å². The van der Waals surface area contributed by atoms with Gasteiger partial charge in [-0.2, -0.15) is 0 Å². The van der Waals surface area contributed by atoms with Gasteiger partial charge in [0, 0.05) is 0 Å². The van der Waals surface area contributed by atoms with Crippen molar-refractivity contribution < 1.29 is 19.1 Å². The minimum Gasteiger partial charge on any atom is -0.462 e. The molecule has 4 heteroatoms. The van der Waals surface area contributed by atoms with Gasteiger partial charge in [-0.1, -0.05) is 59.1 Å². The maximum absolute atomic E-state index is 12.4. The topological polar surface area (TPSA) is 52.6 Å². The first-order valence-electron chi connectivity index (χ1n) is 8.92. The van der Waals surface area contributed by atoms with Crippen LogP contribution in [0, 0.1) is 11.8 Å². The van der Waals surface area contributed by atoms with E-state index in [1.54, 1.807) is 24.3 Å². The summed E-state index contributed by atoms with van der Waals surface area (Å²) in [6.07, 6.45) is 4.30. The zero-order chi connectivity index (χ0) is 17.9. The van der Waals surface area contributed by atoms with Gasteiger partial charge in [0.05, 0.1) is 24.3 Å². The first-order chi connectivity index (χ1) is 11.5. The Morgan fingerprint density at radius 2 is 1.50 bits per heavy atom. The second-order valence-corrected chi connectivity index (χ2v) is 6.55. The molecule has 0 aliphatic rings.